The fraction of sp³-hybridized carbons (Fsp3) is 0.786. The molecule has 2 rings (SSSR count). The molecule has 4 nitrogen and oxygen atoms in total. The highest BCUT2D eigenvalue weighted by atomic mass is 15.3. The summed E-state index contributed by atoms with van der Waals surface area (Å²) in [5.41, 5.74) is 0. The SMILES string of the molecule is CC(Cn1cccn1)NCCC1CCCCN1C. The van der Waals surface area contributed by atoms with E-state index in [-0.39, 0.29) is 0 Å². The molecule has 1 aliphatic rings. The van der Waals surface area contributed by atoms with E-state index in [0.29, 0.717) is 6.04 Å². The highest BCUT2D eigenvalue weighted by Gasteiger charge is 2.18. The Morgan fingerprint density at radius 2 is 2.33 bits per heavy atom. The number of hydrogen-bond donors (Lipinski definition) is 1. The zero-order valence-corrected chi connectivity index (χ0v) is 11.7. The van der Waals surface area contributed by atoms with Crippen molar-refractivity contribution in [2.24, 2.45) is 0 Å². The summed E-state index contributed by atoms with van der Waals surface area (Å²) in [5, 5.41) is 7.84. The molecule has 0 aliphatic carbocycles. The van der Waals surface area contributed by atoms with Gasteiger partial charge in [0.1, 0.15) is 0 Å². The van der Waals surface area contributed by atoms with E-state index in [4.69, 9.17) is 0 Å². The Balaban J connectivity index is 1.62. The van der Waals surface area contributed by atoms with Crippen molar-refractivity contribution >= 4 is 0 Å². The normalized spacial score (nSPS) is 23.1. The second kappa shape index (κ2) is 6.90. The fourth-order valence-electron chi connectivity index (χ4n) is 2.76. The zero-order valence-electron chi connectivity index (χ0n) is 11.7. The molecule has 1 fully saturated rings. The van der Waals surface area contributed by atoms with E-state index >= 15 is 0 Å². The van der Waals surface area contributed by atoms with Crippen molar-refractivity contribution in [2.45, 2.75) is 51.2 Å². The van der Waals surface area contributed by atoms with Gasteiger partial charge >= 0.3 is 0 Å². The van der Waals surface area contributed by atoms with Crippen LogP contribution in [0.5, 0.6) is 0 Å². The Morgan fingerprint density at radius 3 is 3.06 bits per heavy atom. The summed E-state index contributed by atoms with van der Waals surface area (Å²) in [5.74, 6) is 0. The van der Waals surface area contributed by atoms with E-state index in [1.807, 2.05) is 23.1 Å². The molecule has 2 heterocycles. The lowest BCUT2D eigenvalue weighted by Gasteiger charge is -2.32. The molecule has 102 valence electrons. The molecular weight excluding hydrogens is 224 g/mol. The first kappa shape index (κ1) is 13.6. The van der Waals surface area contributed by atoms with Gasteiger partial charge in [-0.15, -0.1) is 0 Å². The number of hydrogen-bond acceptors (Lipinski definition) is 3. The second-order valence-corrected chi connectivity index (χ2v) is 5.50. The lowest BCUT2D eigenvalue weighted by molar-refractivity contribution is 0.174. The monoisotopic (exact) mass is 250 g/mol. The van der Waals surface area contributed by atoms with Crippen LogP contribution in [0.3, 0.4) is 0 Å². The average Bonchev–Trinajstić information content (AvgIpc) is 2.84. The summed E-state index contributed by atoms with van der Waals surface area (Å²) in [7, 11) is 2.26. The zero-order chi connectivity index (χ0) is 12.8. The molecule has 0 radical (unpaired) electrons. The third kappa shape index (κ3) is 4.10. The third-order valence-electron chi connectivity index (χ3n) is 3.91. The largest absolute Gasteiger partial charge is 0.312 e. The number of rotatable bonds is 6. The van der Waals surface area contributed by atoms with Gasteiger partial charge in [0, 0.05) is 24.5 Å². The van der Waals surface area contributed by atoms with Gasteiger partial charge in [0.15, 0.2) is 0 Å². The predicted molar refractivity (Wildman–Crippen MR) is 74.6 cm³/mol. The lowest BCUT2D eigenvalue weighted by atomic mass is 10.00. The van der Waals surface area contributed by atoms with Gasteiger partial charge in [-0.1, -0.05) is 6.42 Å². The van der Waals surface area contributed by atoms with Gasteiger partial charge < -0.3 is 10.2 Å². The minimum absolute atomic E-state index is 0.485. The van der Waals surface area contributed by atoms with Crippen molar-refractivity contribution in [3.05, 3.63) is 18.5 Å². The summed E-state index contributed by atoms with van der Waals surface area (Å²) in [6, 6.07) is 3.24. The van der Waals surface area contributed by atoms with Crippen molar-refractivity contribution in [1.82, 2.24) is 20.0 Å². The molecule has 2 unspecified atom stereocenters. The molecule has 1 aromatic heterocycles. The molecule has 1 saturated heterocycles. The molecular formula is C14H26N4. The Kier molecular flexibility index (Phi) is 5.20. The minimum atomic E-state index is 0.485. The van der Waals surface area contributed by atoms with Crippen LogP contribution in [0.15, 0.2) is 18.5 Å². The standard InChI is InChI=1S/C14H26N4/c1-13(12-18-11-5-8-16-18)15-9-7-14-6-3-4-10-17(14)2/h5,8,11,13-15H,3-4,6-7,9-10,12H2,1-2H3. The summed E-state index contributed by atoms with van der Waals surface area (Å²) in [6.45, 7) is 5.56. The van der Waals surface area contributed by atoms with E-state index in [2.05, 4.69) is 29.3 Å². The molecule has 4 heteroatoms. The molecule has 0 aromatic carbocycles. The fourth-order valence-corrected chi connectivity index (χ4v) is 2.76. The van der Waals surface area contributed by atoms with Gasteiger partial charge in [0.05, 0.1) is 6.54 Å². The molecule has 0 saturated carbocycles. The number of aromatic nitrogens is 2. The first-order chi connectivity index (χ1) is 8.75. The average molecular weight is 250 g/mol. The van der Waals surface area contributed by atoms with E-state index in [1.165, 1.54) is 32.2 Å². The van der Waals surface area contributed by atoms with Crippen LogP contribution in [0.25, 0.3) is 0 Å². The molecule has 1 aliphatic heterocycles. The Hall–Kier alpha value is -0.870. The van der Waals surface area contributed by atoms with Gasteiger partial charge in [-0.2, -0.15) is 5.10 Å². The second-order valence-electron chi connectivity index (χ2n) is 5.50. The molecule has 18 heavy (non-hydrogen) atoms. The predicted octanol–water partition coefficient (Wildman–Crippen LogP) is 1.74. The van der Waals surface area contributed by atoms with Crippen LogP contribution in [0.4, 0.5) is 0 Å². The maximum absolute atomic E-state index is 4.23. The van der Waals surface area contributed by atoms with Crippen LogP contribution in [-0.4, -0.2) is 46.9 Å². The number of piperidine rings is 1. The highest BCUT2D eigenvalue weighted by molar-refractivity contribution is 4.79. The molecule has 2 atom stereocenters. The van der Waals surface area contributed by atoms with Crippen molar-refractivity contribution in [2.75, 3.05) is 20.1 Å². The van der Waals surface area contributed by atoms with Gasteiger partial charge in [-0.3, -0.25) is 4.68 Å². The third-order valence-corrected chi connectivity index (χ3v) is 3.91. The van der Waals surface area contributed by atoms with E-state index in [0.717, 1.165) is 19.1 Å². The first-order valence-corrected chi connectivity index (χ1v) is 7.17. The maximum atomic E-state index is 4.23. The topological polar surface area (TPSA) is 33.1 Å². The van der Waals surface area contributed by atoms with Gasteiger partial charge in [-0.05, 0) is 52.4 Å². The van der Waals surface area contributed by atoms with Crippen molar-refractivity contribution in [1.29, 1.82) is 0 Å². The van der Waals surface area contributed by atoms with Crippen LogP contribution < -0.4 is 5.32 Å². The van der Waals surface area contributed by atoms with Crippen LogP contribution in [0, 0.1) is 0 Å². The summed E-state index contributed by atoms with van der Waals surface area (Å²) < 4.78 is 1.99. The Labute approximate surface area is 110 Å². The summed E-state index contributed by atoms with van der Waals surface area (Å²) >= 11 is 0. The van der Waals surface area contributed by atoms with Crippen molar-refractivity contribution in [3.63, 3.8) is 0 Å². The molecule has 0 spiro atoms. The maximum Gasteiger partial charge on any atom is 0.0559 e. The lowest BCUT2D eigenvalue weighted by Crippen LogP contribution is -2.40. The molecule has 0 amide bonds. The van der Waals surface area contributed by atoms with Crippen LogP contribution >= 0.6 is 0 Å². The number of likely N-dealkylation sites (tertiary alicyclic amines) is 1. The van der Waals surface area contributed by atoms with E-state index in [9.17, 15) is 0 Å². The first-order valence-electron chi connectivity index (χ1n) is 7.17. The van der Waals surface area contributed by atoms with Crippen molar-refractivity contribution in [3.8, 4) is 0 Å². The smallest absolute Gasteiger partial charge is 0.0559 e. The number of nitrogens with one attached hydrogen (secondary N) is 1. The molecule has 1 aromatic rings. The quantitative estimate of drug-likeness (QED) is 0.835. The highest BCUT2D eigenvalue weighted by Crippen LogP contribution is 2.17. The Bertz CT molecular complexity index is 323. The molecule has 0 bridgehead atoms. The van der Waals surface area contributed by atoms with E-state index in [1.54, 1.807) is 0 Å². The van der Waals surface area contributed by atoms with Crippen molar-refractivity contribution < 1.29 is 0 Å². The summed E-state index contributed by atoms with van der Waals surface area (Å²) in [6.07, 6.45) is 9.26. The van der Waals surface area contributed by atoms with Crippen LogP contribution in [0.1, 0.15) is 32.6 Å². The minimum Gasteiger partial charge on any atom is -0.312 e. The molecule has 1 N–H and O–H groups in total. The van der Waals surface area contributed by atoms with Gasteiger partial charge in [0.2, 0.25) is 0 Å². The summed E-state index contributed by atoms with van der Waals surface area (Å²) in [4.78, 5) is 2.52. The Morgan fingerprint density at radius 1 is 1.44 bits per heavy atom. The van der Waals surface area contributed by atoms with Crippen LogP contribution in [-0.2, 0) is 6.54 Å². The number of nitrogens with zero attached hydrogens (tertiary/aromatic N) is 3. The van der Waals surface area contributed by atoms with E-state index < -0.39 is 0 Å². The van der Waals surface area contributed by atoms with Gasteiger partial charge in [-0.25, -0.2) is 0 Å². The van der Waals surface area contributed by atoms with Gasteiger partial charge in [0.25, 0.3) is 0 Å². The van der Waals surface area contributed by atoms with Crippen LogP contribution in [0.2, 0.25) is 0 Å².